The number of nitrogens with zero attached hydrogens (tertiary/aromatic N) is 3. The minimum Gasteiger partial charge on any atom is -0.476 e. The molecule has 6 nitrogen and oxygen atoms in total. The number of ether oxygens (including phenoxy) is 1. The summed E-state index contributed by atoms with van der Waals surface area (Å²) in [6.07, 6.45) is -4.83. The number of aromatic nitrogens is 3. The maximum Gasteiger partial charge on any atom is 0.435 e. The van der Waals surface area contributed by atoms with E-state index >= 15 is 0 Å². The van der Waals surface area contributed by atoms with Crippen LogP contribution in [-0.2, 0) is 10.9 Å². The lowest BCUT2D eigenvalue weighted by Crippen LogP contribution is -2.22. The van der Waals surface area contributed by atoms with Crippen molar-refractivity contribution in [3.8, 4) is 0 Å². The van der Waals surface area contributed by atoms with Crippen LogP contribution in [0, 0.1) is 0 Å². The Morgan fingerprint density at radius 1 is 1.59 bits per heavy atom. The van der Waals surface area contributed by atoms with Gasteiger partial charge in [0, 0.05) is 7.11 Å². The van der Waals surface area contributed by atoms with E-state index in [0.717, 1.165) is 0 Å². The van der Waals surface area contributed by atoms with Crippen LogP contribution in [0.1, 0.15) is 29.1 Å². The SMILES string of the molecule is COCC(C)n1nnc(C(=O)O)c1C(F)(F)F. The van der Waals surface area contributed by atoms with Crippen LogP contribution >= 0.6 is 0 Å². The van der Waals surface area contributed by atoms with Crippen LogP contribution in [0.4, 0.5) is 13.2 Å². The van der Waals surface area contributed by atoms with Crippen LogP contribution in [0.3, 0.4) is 0 Å². The van der Waals surface area contributed by atoms with Gasteiger partial charge in [0.15, 0.2) is 5.69 Å². The number of aromatic carboxylic acids is 1. The number of rotatable bonds is 4. The normalized spacial score (nSPS) is 13.7. The molecule has 0 spiro atoms. The first-order chi connectivity index (χ1) is 7.79. The molecule has 1 N–H and O–H groups in total. The van der Waals surface area contributed by atoms with Crippen molar-refractivity contribution < 1.29 is 27.8 Å². The van der Waals surface area contributed by atoms with E-state index in [-0.39, 0.29) is 6.61 Å². The predicted molar refractivity (Wildman–Crippen MR) is 48.6 cm³/mol. The van der Waals surface area contributed by atoms with Gasteiger partial charge in [-0.15, -0.1) is 5.10 Å². The Labute approximate surface area is 94.0 Å². The van der Waals surface area contributed by atoms with Crippen molar-refractivity contribution in [3.05, 3.63) is 11.4 Å². The second-order valence-electron chi connectivity index (χ2n) is 3.34. The summed E-state index contributed by atoms with van der Waals surface area (Å²) in [7, 11) is 1.32. The van der Waals surface area contributed by atoms with Crippen molar-refractivity contribution in [2.45, 2.75) is 19.1 Å². The van der Waals surface area contributed by atoms with Gasteiger partial charge in [0.2, 0.25) is 5.69 Å². The Kier molecular flexibility index (Phi) is 3.71. The van der Waals surface area contributed by atoms with Crippen LogP contribution in [0.15, 0.2) is 0 Å². The summed E-state index contributed by atoms with van der Waals surface area (Å²) in [4.78, 5) is 10.6. The molecule has 0 aliphatic heterocycles. The van der Waals surface area contributed by atoms with Gasteiger partial charge < -0.3 is 9.84 Å². The minimum absolute atomic E-state index is 0.0362. The summed E-state index contributed by atoms with van der Waals surface area (Å²) >= 11 is 0. The molecule has 0 saturated heterocycles. The van der Waals surface area contributed by atoms with Crippen molar-refractivity contribution in [2.24, 2.45) is 0 Å². The molecule has 1 heterocycles. The number of methoxy groups -OCH3 is 1. The van der Waals surface area contributed by atoms with Crippen molar-refractivity contribution in [1.29, 1.82) is 0 Å². The molecule has 9 heteroatoms. The molecule has 17 heavy (non-hydrogen) atoms. The molecule has 0 radical (unpaired) electrons. The number of halogens is 3. The van der Waals surface area contributed by atoms with E-state index in [1.54, 1.807) is 0 Å². The van der Waals surface area contributed by atoms with Crippen LogP contribution in [0.25, 0.3) is 0 Å². The highest BCUT2D eigenvalue weighted by atomic mass is 19.4. The summed E-state index contributed by atoms with van der Waals surface area (Å²) in [5.74, 6) is -1.77. The summed E-state index contributed by atoms with van der Waals surface area (Å²) < 4.78 is 43.3. The summed E-state index contributed by atoms with van der Waals surface area (Å²) in [5, 5.41) is 14.8. The highest BCUT2D eigenvalue weighted by Gasteiger charge is 2.42. The summed E-state index contributed by atoms with van der Waals surface area (Å²) in [5.41, 5.74) is -2.49. The maximum absolute atomic E-state index is 12.7. The second kappa shape index (κ2) is 4.70. The third-order valence-electron chi connectivity index (χ3n) is 1.99. The zero-order chi connectivity index (χ0) is 13.2. The van der Waals surface area contributed by atoms with Gasteiger partial charge in [-0.3, -0.25) is 0 Å². The van der Waals surface area contributed by atoms with Crippen molar-refractivity contribution in [2.75, 3.05) is 13.7 Å². The molecule has 96 valence electrons. The van der Waals surface area contributed by atoms with Crippen LogP contribution < -0.4 is 0 Å². The molecule has 0 aliphatic rings. The second-order valence-corrected chi connectivity index (χ2v) is 3.34. The Morgan fingerprint density at radius 3 is 2.59 bits per heavy atom. The molecule has 0 saturated carbocycles. The zero-order valence-corrected chi connectivity index (χ0v) is 9.02. The van der Waals surface area contributed by atoms with E-state index in [2.05, 4.69) is 10.3 Å². The number of hydrogen-bond acceptors (Lipinski definition) is 4. The first-order valence-corrected chi connectivity index (χ1v) is 4.53. The van der Waals surface area contributed by atoms with Gasteiger partial charge in [0.05, 0.1) is 12.6 Å². The third kappa shape index (κ3) is 2.73. The summed E-state index contributed by atoms with van der Waals surface area (Å²) in [6.45, 7) is 1.38. The zero-order valence-electron chi connectivity index (χ0n) is 9.02. The molecule has 1 aromatic rings. The van der Waals surface area contributed by atoms with Crippen molar-refractivity contribution in [1.82, 2.24) is 15.0 Å². The smallest absolute Gasteiger partial charge is 0.435 e. The molecule has 0 aromatic carbocycles. The maximum atomic E-state index is 12.7. The van der Waals surface area contributed by atoms with Gasteiger partial charge in [-0.25, -0.2) is 9.48 Å². The van der Waals surface area contributed by atoms with Crippen LogP contribution in [0.2, 0.25) is 0 Å². The Balaban J connectivity index is 3.28. The van der Waals surface area contributed by atoms with E-state index < -0.39 is 29.6 Å². The summed E-state index contributed by atoms with van der Waals surface area (Å²) in [6, 6.07) is -0.766. The molecule has 0 amide bonds. The number of carboxylic acids is 1. The Hall–Kier alpha value is -1.64. The van der Waals surface area contributed by atoms with Gasteiger partial charge in [-0.1, -0.05) is 5.21 Å². The fraction of sp³-hybridized carbons (Fsp3) is 0.625. The molecule has 1 aromatic heterocycles. The average molecular weight is 253 g/mol. The molecule has 1 rings (SSSR count). The van der Waals surface area contributed by atoms with Gasteiger partial charge in [0.25, 0.3) is 0 Å². The topological polar surface area (TPSA) is 77.2 Å². The number of carboxylic acid groups (broad SMARTS) is 1. The molecule has 0 bridgehead atoms. The quantitative estimate of drug-likeness (QED) is 0.872. The molecule has 0 aliphatic carbocycles. The highest BCUT2D eigenvalue weighted by Crippen LogP contribution is 2.32. The van der Waals surface area contributed by atoms with E-state index in [1.807, 2.05) is 0 Å². The van der Waals surface area contributed by atoms with E-state index in [1.165, 1.54) is 14.0 Å². The highest BCUT2D eigenvalue weighted by molar-refractivity contribution is 5.86. The molecule has 1 atom stereocenters. The van der Waals surface area contributed by atoms with Gasteiger partial charge in [-0.05, 0) is 6.92 Å². The predicted octanol–water partition coefficient (Wildman–Crippen LogP) is 1.20. The van der Waals surface area contributed by atoms with E-state index in [4.69, 9.17) is 9.84 Å². The third-order valence-corrected chi connectivity index (χ3v) is 1.99. The molecule has 1 unspecified atom stereocenters. The van der Waals surface area contributed by atoms with Gasteiger partial charge in [-0.2, -0.15) is 13.2 Å². The lowest BCUT2D eigenvalue weighted by atomic mass is 10.2. The standard InChI is InChI=1S/C8H10F3N3O3/c1-4(3-17-2)14-6(8(9,10)11)5(7(15)16)12-13-14/h4H,3H2,1-2H3,(H,15,16). The first-order valence-electron chi connectivity index (χ1n) is 4.53. The Morgan fingerprint density at radius 2 is 2.18 bits per heavy atom. The fourth-order valence-corrected chi connectivity index (χ4v) is 1.32. The van der Waals surface area contributed by atoms with Crippen LogP contribution in [-0.4, -0.2) is 39.8 Å². The monoisotopic (exact) mass is 253 g/mol. The number of hydrogen-bond donors (Lipinski definition) is 1. The largest absolute Gasteiger partial charge is 0.476 e. The lowest BCUT2D eigenvalue weighted by molar-refractivity contribution is -0.145. The molecular formula is C8H10F3N3O3. The van der Waals surface area contributed by atoms with Crippen molar-refractivity contribution >= 4 is 5.97 Å². The first kappa shape index (κ1) is 13.4. The lowest BCUT2D eigenvalue weighted by Gasteiger charge is -2.15. The minimum atomic E-state index is -4.83. The molecular weight excluding hydrogens is 243 g/mol. The van der Waals surface area contributed by atoms with Crippen molar-refractivity contribution in [3.63, 3.8) is 0 Å². The average Bonchev–Trinajstić information content (AvgIpc) is 2.61. The van der Waals surface area contributed by atoms with Gasteiger partial charge in [0.1, 0.15) is 0 Å². The van der Waals surface area contributed by atoms with E-state index in [9.17, 15) is 18.0 Å². The fourth-order valence-electron chi connectivity index (χ4n) is 1.32. The molecule has 0 fully saturated rings. The Bertz CT molecular complexity index is 416. The van der Waals surface area contributed by atoms with E-state index in [0.29, 0.717) is 4.68 Å². The van der Waals surface area contributed by atoms with Gasteiger partial charge >= 0.3 is 12.1 Å². The van der Waals surface area contributed by atoms with Crippen LogP contribution in [0.5, 0.6) is 0 Å². The number of carbonyl (C=O) groups is 1. The number of alkyl halides is 3.